The number of rotatable bonds is 7. The molecule has 0 bridgehead atoms. The minimum Gasteiger partial charge on any atom is -0.486 e. The van der Waals surface area contributed by atoms with Crippen molar-refractivity contribution in [1.29, 1.82) is 0 Å². The fourth-order valence-electron chi connectivity index (χ4n) is 4.51. The van der Waals surface area contributed by atoms with Crippen LogP contribution in [-0.2, 0) is 16.5 Å². The molecule has 0 unspecified atom stereocenters. The molecular formula is C25H32FN5O3. The highest BCUT2D eigenvalue weighted by molar-refractivity contribution is 5.88. The van der Waals surface area contributed by atoms with Crippen molar-refractivity contribution in [2.24, 2.45) is 18.7 Å². The van der Waals surface area contributed by atoms with Crippen molar-refractivity contribution in [3.63, 3.8) is 0 Å². The Balaban J connectivity index is 1.27. The summed E-state index contributed by atoms with van der Waals surface area (Å²) >= 11 is 0. The number of fused-ring (bicyclic) bond motifs is 1. The van der Waals surface area contributed by atoms with Crippen molar-refractivity contribution in [3.8, 4) is 0 Å². The molecule has 0 radical (unpaired) electrons. The van der Waals surface area contributed by atoms with Gasteiger partial charge in [-0.05, 0) is 49.3 Å². The van der Waals surface area contributed by atoms with Crippen LogP contribution in [0.25, 0.3) is 11.0 Å². The van der Waals surface area contributed by atoms with E-state index in [4.69, 9.17) is 15.2 Å². The molecule has 1 aliphatic heterocycles. The number of aryl methyl sites for hydroxylation is 1. The second-order valence-corrected chi connectivity index (χ2v) is 8.82. The van der Waals surface area contributed by atoms with Gasteiger partial charge in [-0.25, -0.2) is 4.39 Å². The van der Waals surface area contributed by atoms with Crippen LogP contribution in [-0.4, -0.2) is 41.9 Å². The zero-order valence-electron chi connectivity index (χ0n) is 19.5. The Kier molecular flexibility index (Phi) is 7.52. The van der Waals surface area contributed by atoms with Gasteiger partial charge in [-0.15, -0.1) is 0 Å². The molecule has 2 aromatic heterocycles. The van der Waals surface area contributed by atoms with Gasteiger partial charge in [0.2, 0.25) is 0 Å². The van der Waals surface area contributed by atoms with Crippen molar-refractivity contribution in [3.05, 3.63) is 70.4 Å². The van der Waals surface area contributed by atoms with Crippen LogP contribution in [0.5, 0.6) is 0 Å². The maximum Gasteiger partial charge on any atom is 0.250 e. The van der Waals surface area contributed by atoms with E-state index in [1.54, 1.807) is 13.1 Å². The van der Waals surface area contributed by atoms with E-state index >= 15 is 0 Å². The molecule has 2 aliphatic rings. The lowest BCUT2D eigenvalue weighted by atomic mass is 9.86. The summed E-state index contributed by atoms with van der Waals surface area (Å²) in [4.78, 5) is 16.1. The fraction of sp³-hybridized carbons (Fsp3) is 0.440. The number of hydrogen-bond acceptors (Lipinski definition) is 7. The minimum absolute atomic E-state index is 0.190. The van der Waals surface area contributed by atoms with Crippen LogP contribution in [0.2, 0.25) is 0 Å². The van der Waals surface area contributed by atoms with E-state index in [2.05, 4.69) is 22.2 Å². The summed E-state index contributed by atoms with van der Waals surface area (Å²) in [6, 6.07) is 3.47. The van der Waals surface area contributed by atoms with Crippen molar-refractivity contribution >= 4 is 16.7 Å². The molecule has 0 spiro atoms. The van der Waals surface area contributed by atoms with Crippen molar-refractivity contribution < 1.29 is 13.9 Å². The molecule has 4 N–H and O–H groups in total. The van der Waals surface area contributed by atoms with E-state index in [1.807, 2.05) is 6.08 Å². The van der Waals surface area contributed by atoms with Crippen LogP contribution in [0.4, 0.5) is 10.1 Å². The number of nitrogens with one attached hydrogen (secondary N) is 2. The monoisotopic (exact) mass is 469 g/mol. The van der Waals surface area contributed by atoms with E-state index < -0.39 is 5.82 Å². The molecule has 1 saturated carbocycles. The van der Waals surface area contributed by atoms with Gasteiger partial charge in [0.25, 0.3) is 5.56 Å². The van der Waals surface area contributed by atoms with E-state index in [1.165, 1.54) is 23.0 Å². The van der Waals surface area contributed by atoms with Gasteiger partial charge in [0.05, 0.1) is 22.9 Å². The third-order valence-electron chi connectivity index (χ3n) is 6.44. The molecule has 34 heavy (non-hydrogen) atoms. The maximum absolute atomic E-state index is 14.5. The van der Waals surface area contributed by atoms with Crippen molar-refractivity contribution in [1.82, 2.24) is 14.9 Å². The molecule has 4 rings (SSSR count). The lowest BCUT2D eigenvalue weighted by Crippen LogP contribution is -2.35. The van der Waals surface area contributed by atoms with Crippen LogP contribution >= 0.6 is 0 Å². The van der Waals surface area contributed by atoms with Gasteiger partial charge in [0.1, 0.15) is 13.2 Å². The number of pyridine rings is 2. The molecule has 1 aliphatic carbocycles. The first kappa shape index (κ1) is 23.8. The highest BCUT2D eigenvalue weighted by Crippen LogP contribution is 2.28. The van der Waals surface area contributed by atoms with Crippen LogP contribution < -0.4 is 21.9 Å². The number of nitrogens with two attached hydrogens (primary N) is 1. The lowest BCUT2D eigenvalue weighted by Gasteiger charge is -2.30. The second kappa shape index (κ2) is 10.7. The van der Waals surface area contributed by atoms with E-state index in [0.717, 1.165) is 31.3 Å². The summed E-state index contributed by atoms with van der Waals surface area (Å²) in [6.07, 6.45) is 8.58. The summed E-state index contributed by atoms with van der Waals surface area (Å²) in [6.45, 7) is 6.40. The Labute approximate surface area is 198 Å². The van der Waals surface area contributed by atoms with E-state index in [-0.39, 0.29) is 5.56 Å². The average molecular weight is 470 g/mol. The summed E-state index contributed by atoms with van der Waals surface area (Å²) in [5.74, 6) is 1.14. The molecule has 0 atom stereocenters. The molecule has 9 heteroatoms. The van der Waals surface area contributed by atoms with Crippen molar-refractivity contribution in [2.45, 2.75) is 31.7 Å². The molecule has 8 nitrogen and oxygen atoms in total. The van der Waals surface area contributed by atoms with Gasteiger partial charge < -0.3 is 30.4 Å². The SMILES string of the molecule is C=C(/C=C1/OCCO/C1=C/N)CNC1CCC(CNc2c(F)cnc3ccc(=O)n(C)c23)CC1. The molecule has 2 aromatic rings. The first-order chi connectivity index (χ1) is 16.5. The topological polar surface area (TPSA) is 103 Å². The highest BCUT2D eigenvalue weighted by atomic mass is 19.1. The standard InChI is InChI=1S/C25H32FN5O3/c1-16(11-21-22(12-27)34-10-9-33-21)13-28-18-5-3-17(4-6-18)14-30-24-19(26)15-29-20-7-8-23(32)31(2)25(20)24/h7-8,11-12,15,17-18,28H,1,3-6,9-10,13-14,27H2,2H3,(H,29,30)/b21-11+,22-12+. The van der Waals surface area contributed by atoms with Gasteiger partial charge in [-0.1, -0.05) is 6.58 Å². The quantitative estimate of drug-likeness (QED) is 0.573. The minimum atomic E-state index is -0.448. The number of hydrogen-bond donors (Lipinski definition) is 3. The number of ether oxygens (including phenoxy) is 2. The van der Waals surface area contributed by atoms with Gasteiger partial charge in [0, 0.05) is 38.4 Å². The number of anilines is 1. The summed E-state index contributed by atoms with van der Waals surface area (Å²) < 4.78 is 27.1. The normalized spacial score (nSPS) is 23.0. The Morgan fingerprint density at radius 2 is 2.00 bits per heavy atom. The Morgan fingerprint density at radius 3 is 2.74 bits per heavy atom. The Bertz CT molecular complexity index is 1170. The molecular weight excluding hydrogens is 437 g/mol. The fourth-order valence-corrected chi connectivity index (χ4v) is 4.51. The summed E-state index contributed by atoms with van der Waals surface area (Å²) in [7, 11) is 1.64. The number of nitrogens with zero attached hydrogens (tertiary/aromatic N) is 2. The van der Waals surface area contributed by atoms with Gasteiger partial charge in [-0.2, -0.15) is 0 Å². The highest BCUT2D eigenvalue weighted by Gasteiger charge is 2.22. The van der Waals surface area contributed by atoms with E-state index in [9.17, 15) is 9.18 Å². The molecule has 0 aromatic carbocycles. The van der Waals surface area contributed by atoms with E-state index in [0.29, 0.717) is 66.5 Å². The lowest BCUT2D eigenvalue weighted by molar-refractivity contribution is 0.0591. The predicted molar refractivity (Wildman–Crippen MR) is 131 cm³/mol. The van der Waals surface area contributed by atoms with Crippen LogP contribution in [0.1, 0.15) is 25.7 Å². The zero-order chi connectivity index (χ0) is 24.1. The third kappa shape index (κ3) is 5.41. The Hall–Kier alpha value is -3.33. The van der Waals surface area contributed by atoms with Crippen molar-refractivity contribution in [2.75, 3.05) is 31.6 Å². The second-order valence-electron chi connectivity index (χ2n) is 8.82. The largest absolute Gasteiger partial charge is 0.486 e. The molecule has 182 valence electrons. The average Bonchev–Trinajstić information content (AvgIpc) is 2.85. The molecule has 3 heterocycles. The smallest absolute Gasteiger partial charge is 0.250 e. The van der Waals surface area contributed by atoms with Gasteiger partial charge in [0.15, 0.2) is 17.3 Å². The van der Waals surface area contributed by atoms with Gasteiger partial charge >= 0.3 is 0 Å². The number of halogens is 1. The predicted octanol–water partition coefficient (Wildman–Crippen LogP) is 2.92. The zero-order valence-corrected chi connectivity index (χ0v) is 19.5. The summed E-state index contributed by atoms with van der Waals surface area (Å²) in [5, 5.41) is 6.82. The van der Waals surface area contributed by atoms with Crippen LogP contribution in [0, 0.1) is 11.7 Å². The molecule has 2 fully saturated rings. The molecule has 1 saturated heterocycles. The van der Waals surface area contributed by atoms with Crippen LogP contribution in [0.3, 0.4) is 0 Å². The summed E-state index contributed by atoms with van der Waals surface area (Å²) in [5.41, 5.74) is 7.72. The van der Waals surface area contributed by atoms with Crippen LogP contribution in [0.15, 0.2) is 59.1 Å². The first-order valence-electron chi connectivity index (χ1n) is 11.6. The third-order valence-corrected chi connectivity index (χ3v) is 6.44. The molecule has 0 amide bonds. The van der Waals surface area contributed by atoms with Gasteiger partial charge in [-0.3, -0.25) is 9.78 Å². The number of aromatic nitrogens is 2. The Morgan fingerprint density at radius 1 is 1.26 bits per heavy atom. The maximum atomic E-state index is 14.5. The first-order valence-corrected chi connectivity index (χ1v) is 11.6.